The molecule has 12 heterocycles. The highest BCUT2D eigenvalue weighted by atomic mass is 15.1. The fraction of sp³-hybridized carbons (Fsp3) is 0.205. The Hall–Kier alpha value is -11.1. The van der Waals surface area contributed by atoms with Crippen molar-refractivity contribution >= 4 is 49.7 Å². The molecule has 0 fully saturated rings. The molecule has 10 nitrogen and oxygen atoms in total. The quantitative estimate of drug-likeness (QED) is 0.0999. The van der Waals surface area contributed by atoms with Crippen LogP contribution in [0.25, 0.3) is 94.3 Å². The summed E-state index contributed by atoms with van der Waals surface area (Å²) >= 11 is 0. The van der Waals surface area contributed by atoms with E-state index >= 15 is 0 Å². The monoisotopic (exact) mass is 1290 g/mol. The zero-order valence-electron chi connectivity index (χ0n) is 54.5. The highest BCUT2D eigenvalue weighted by Crippen LogP contribution is 2.41. The summed E-state index contributed by atoms with van der Waals surface area (Å²) in [5.74, 6) is 0. The lowest BCUT2D eigenvalue weighted by Crippen LogP contribution is -1.93. The number of aromatic amines is 5. The van der Waals surface area contributed by atoms with Crippen LogP contribution >= 0.6 is 0 Å². The molecule has 98 heavy (non-hydrogen) atoms. The van der Waals surface area contributed by atoms with Crippen molar-refractivity contribution in [2.24, 2.45) is 14.1 Å². The third kappa shape index (κ3) is 12.8. The van der Waals surface area contributed by atoms with E-state index in [2.05, 4.69) is 335 Å². The van der Waals surface area contributed by atoms with Crippen LogP contribution in [-0.2, 0) is 39.8 Å². The van der Waals surface area contributed by atoms with Gasteiger partial charge >= 0.3 is 0 Å². The molecule has 0 radical (unpaired) electrons. The highest BCUT2D eigenvalue weighted by Gasteiger charge is 2.24. The lowest BCUT2D eigenvalue weighted by atomic mass is 10.1. The Labute approximate surface area is 579 Å². The lowest BCUT2D eigenvalue weighted by Gasteiger charge is -2.04. The number of aryl methyl sites for hydroxylation is 8. The van der Waals surface area contributed by atoms with Gasteiger partial charge in [0.1, 0.15) is 11.3 Å². The summed E-state index contributed by atoms with van der Waals surface area (Å²) in [5.41, 5.74) is 40.5. The maximum atomic E-state index is 3.40. The lowest BCUT2D eigenvalue weighted by molar-refractivity contribution is 0.891. The number of aromatic nitrogens is 10. The number of hydrogen-bond acceptors (Lipinski definition) is 0. The van der Waals surface area contributed by atoms with Crippen LogP contribution in [0.1, 0.15) is 122 Å². The Bertz CT molecular complexity index is 5480. The first-order chi connectivity index (χ1) is 45.3. The van der Waals surface area contributed by atoms with Crippen LogP contribution in [0.5, 0.6) is 0 Å². The molecule has 10 heteroatoms. The van der Waals surface area contributed by atoms with E-state index < -0.39 is 0 Å². The Morgan fingerprint density at radius 1 is 0.357 bits per heavy atom. The number of nitrogens with one attached hydrogen (secondary N) is 5. The van der Waals surface area contributed by atoms with Gasteiger partial charge in [0, 0.05) is 160 Å². The molecule has 0 bridgehead atoms. The van der Waals surface area contributed by atoms with Crippen molar-refractivity contribution in [3.8, 4) is 44.6 Å². The summed E-state index contributed by atoms with van der Waals surface area (Å²) in [6.07, 6.45) is 15.0. The molecule has 5 N–H and O–H groups in total. The van der Waals surface area contributed by atoms with Gasteiger partial charge in [0.25, 0.3) is 0 Å². The van der Waals surface area contributed by atoms with Gasteiger partial charge in [-0.25, -0.2) is 0 Å². The number of para-hydroxylation sites is 1. The predicted molar refractivity (Wildman–Crippen MR) is 420 cm³/mol. The number of benzene rings is 5. The fourth-order valence-corrected chi connectivity index (χ4v) is 14.6. The van der Waals surface area contributed by atoms with Crippen molar-refractivity contribution in [3.05, 3.63) is 316 Å². The zero-order valence-corrected chi connectivity index (χ0v) is 54.5. The summed E-state index contributed by atoms with van der Waals surface area (Å²) < 4.78 is 11.1. The predicted octanol–water partition coefficient (Wildman–Crippen LogP) is 23.0. The van der Waals surface area contributed by atoms with Gasteiger partial charge in [-0.05, 0) is 177 Å². The second-order valence-corrected chi connectivity index (χ2v) is 25.6. The molecular formula is C88H98N10. The third-order valence-electron chi connectivity index (χ3n) is 19.3. The maximum absolute atomic E-state index is 3.40. The van der Waals surface area contributed by atoms with Crippen molar-refractivity contribution in [1.82, 2.24) is 47.3 Å². The van der Waals surface area contributed by atoms with E-state index in [0.29, 0.717) is 0 Å². The standard InChI is InChI=1S/C13H13N.C12H12N2.3C12H11N.2C11H10N2.5CH4/c1-9-7-11-8-10-5-3-4-6-12(10)13(11)14(9)2;1-9-8-14-11-6-4-3-5-10(11)7-12(14)13(9)2;1-8-12-10(7-13-8)6-9-4-2-3-5-11(9)12;1-8-11-6-9-4-2-3-5-10(9)12(11)7-13-8;1-8-6-11-10-5-3-2-4-9(10)7-12(11)13-8;1-8-6-9-7-10-4-2-3-5-13(10)11(9)12-8;1-8-6-11-10(12-8)7-9-4-2-3-5-13(9)11;;;;;/h3-7H,8H2,1-2H3;3-8H,1-2H3;2*2-5,7,13H,6H2,1H3;2-6,13H,7H2,1H3;2*2-7,12H,1H3;5*1H4. The number of hydrogen-bond donors (Lipinski definition) is 5. The van der Waals surface area contributed by atoms with Crippen molar-refractivity contribution < 1.29 is 0 Å². The minimum absolute atomic E-state index is 0. The first kappa shape index (κ1) is 69.7. The average molecular weight is 1300 g/mol. The SMILES string of the molecule is C.C.C.C.C.Cc1[nH]cc2c1-c1ccccc1C2.Cc1[nH]cc2c1Cc1ccccc1-2.Cc1cc2c([nH]1)Cc1ccccc1-2.Cc1cc2c(cc3ccccn32)[nH]1.Cc1cc2c(n1C)-c1ccccc1C2.Cc1cc2cc3ccccn3c2[nH]1.Cc1cn2c3ccccc3cc2n1C. The van der Waals surface area contributed by atoms with Crippen molar-refractivity contribution in [2.45, 2.75) is 111 Å². The van der Waals surface area contributed by atoms with Crippen LogP contribution < -0.4 is 0 Å². The average Bonchev–Trinajstić information content (AvgIpc) is 1.66. The summed E-state index contributed by atoms with van der Waals surface area (Å²) in [4.78, 5) is 16.6. The minimum atomic E-state index is 0. The third-order valence-corrected chi connectivity index (χ3v) is 19.3. The Morgan fingerprint density at radius 3 is 1.64 bits per heavy atom. The van der Waals surface area contributed by atoms with Gasteiger partial charge < -0.3 is 47.3 Å². The number of pyridine rings is 2. The highest BCUT2D eigenvalue weighted by molar-refractivity contribution is 5.88. The molecule has 21 rings (SSSR count). The molecule has 5 aromatic carbocycles. The fourth-order valence-electron chi connectivity index (χ4n) is 14.6. The van der Waals surface area contributed by atoms with Crippen LogP contribution in [0.3, 0.4) is 0 Å². The van der Waals surface area contributed by atoms with Gasteiger partial charge in [0.05, 0.1) is 22.2 Å². The van der Waals surface area contributed by atoms with Crippen molar-refractivity contribution in [2.75, 3.05) is 0 Å². The van der Waals surface area contributed by atoms with Crippen LogP contribution in [0, 0.1) is 48.5 Å². The molecular weight excluding hydrogens is 1200 g/mol. The molecule has 0 atom stereocenters. The normalized spacial score (nSPS) is 11.6. The van der Waals surface area contributed by atoms with E-state index in [4.69, 9.17) is 0 Å². The van der Waals surface area contributed by atoms with E-state index in [1.165, 1.54) is 179 Å². The van der Waals surface area contributed by atoms with Gasteiger partial charge in [-0.15, -0.1) is 0 Å². The van der Waals surface area contributed by atoms with Crippen LogP contribution in [0.4, 0.5) is 0 Å². The summed E-state index contributed by atoms with van der Waals surface area (Å²) in [6, 6.07) is 71.0. The molecule has 0 saturated carbocycles. The first-order valence-corrected chi connectivity index (χ1v) is 32.4. The second-order valence-electron chi connectivity index (χ2n) is 25.6. The summed E-state index contributed by atoms with van der Waals surface area (Å²) in [6.45, 7) is 14.8. The van der Waals surface area contributed by atoms with Crippen LogP contribution in [0.15, 0.2) is 231 Å². The van der Waals surface area contributed by atoms with E-state index in [-0.39, 0.29) is 37.1 Å². The van der Waals surface area contributed by atoms with Crippen LogP contribution in [0.2, 0.25) is 0 Å². The van der Waals surface area contributed by atoms with Crippen LogP contribution in [-0.4, -0.2) is 47.3 Å². The number of H-pyrrole nitrogens is 5. The topological polar surface area (TPSA) is 102 Å². The molecule has 0 saturated heterocycles. The molecule has 4 aliphatic rings. The van der Waals surface area contributed by atoms with E-state index in [1.54, 1.807) is 0 Å². The Kier molecular flexibility index (Phi) is 20.4. The van der Waals surface area contributed by atoms with E-state index in [0.717, 1.165) is 25.7 Å². The molecule has 0 amide bonds. The van der Waals surface area contributed by atoms with Gasteiger partial charge in [-0.1, -0.05) is 165 Å². The first-order valence-electron chi connectivity index (χ1n) is 32.4. The number of rotatable bonds is 0. The number of nitrogens with zero attached hydrogens (tertiary/aromatic N) is 5. The van der Waals surface area contributed by atoms with Gasteiger partial charge in [0.2, 0.25) is 0 Å². The van der Waals surface area contributed by atoms with Crippen molar-refractivity contribution in [1.29, 1.82) is 0 Å². The maximum Gasteiger partial charge on any atom is 0.122 e. The molecule has 0 aliphatic heterocycles. The largest absolute Gasteiger partial charge is 0.364 e. The molecule has 12 aromatic heterocycles. The summed E-state index contributed by atoms with van der Waals surface area (Å²) in [5, 5.41) is 2.59. The van der Waals surface area contributed by atoms with Crippen molar-refractivity contribution in [3.63, 3.8) is 0 Å². The van der Waals surface area contributed by atoms with E-state index in [9.17, 15) is 0 Å². The number of fused-ring (bicyclic) bond motifs is 21. The second kappa shape index (κ2) is 28.7. The molecule has 0 unspecified atom stereocenters. The smallest absolute Gasteiger partial charge is 0.122 e. The Morgan fingerprint density at radius 2 is 0.918 bits per heavy atom. The molecule has 500 valence electrons. The Balaban J connectivity index is 0.000000123. The molecule has 4 aliphatic carbocycles. The molecule has 0 spiro atoms. The van der Waals surface area contributed by atoms with Gasteiger partial charge in [-0.3, -0.25) is 0 Å². The van der Waals surface area contributed by atoms with E-state index in [1.807, 2.05) is 6.07 Å². The van der Waals surface area contributed by atoms with Gasteiger partial charge in [-0.2, -0.15) is 0 Å². The minimum Gasteiger partial charge on any atom is -0.364 e. The number of imidazole rings is 1. The molecule has 17 aromatic rings. The van der Waals surface area contributed by atoms with Gasteiger partial charge in [0.15, 0.2) is 0 Å². The summed E-state index contributed by atoms with van der Waals surface area (Å²) in [7, 11) is 4.25. The zero-order chi connectivity index (χ0) is 63.6.